The zero-order chi connectivity index (χ0) is 23.5. The van der Waals surface area contributed by atoms with Crippen LogP contribution in [0.5, 0.6) is 0 Å². The lowest BCUT2D eigenvalue weighted by Crippen LogP contribution is -2.53. The third-order valence-corrected chi connectivity index (χ3v) is 6.43. The van der Waals surface area contributed by atoms with Crippen molar-refractivity contribution in [2.24, 2.45) is 11.8 Å². The van der Waals surface area contributed by atoms with E-state index in [0.717, 1.165) is 29.7 Å². The molecule has 1 heterocycles. The SMILES string of the molecule is CCOC(=O)c1ccc2c(c1)[C@H](NC(=O)OCc1ccccc1)[C@@H](C)C(C1CC1)N2C(C)=O. The number of esters is 1. The molecular formula is C26H30N2O5. The molecule has 7 heteroatoms. The number of ether oxygens (including phenoxy) is 2. The predicted molar refractivity (Wildman–Crippen MR) is 124 cm³/mol. The maximum absolute atomic E-state index is 12.8. The van der Waals surface area contributed by atoms with Crippen molar-refractivity contribution in [3.05, 3.63) is 65.2 Å². The van der Waals surface area contributed by atoms with Crippen LogP contribution >= 0.6 is 0 Å². The average molecular weight is 451 g/mol. The molecule has 0 spiro atoms. The van der Waals surface area contributed by atoms with E-state index in [-0.39, 0.29) is 31.1 Å². The van der Waals surface area contributed by atoms with Crippen LogP contribution in [0, 0.1) is 11.8 Å². The largest absolute Gasteiger partial charge is 0.462 e. The Kier molecular flexibility index (Phi) is 6.67. The topological polar surface area (TPSA) is 84.9 Å². The molecule has 3 atom stereocenters. The third-order valence-electron chi connectivity index (χ3n) is 6.43. The lowest BCUT2D eigenvalue weighted by Gasteiger charge is -2.45. The summed E-state index contributed by atoms with van der Waals surface area (Å²) in [6.07, 6.45) is 1.58. The van der Waals surface area contributed by atoms with Crippen LogP contribution in [-0.4, -0.2) is 30.6 Å². The molecule has 1 saturated carbocycles. The molecule has 0 saturated heterocycles. The van der Waals surface area contributed by atoms with Crippen molar-refractivity contribution in [2.75, 3.05) is 11.5 Å². The Labute approximate surface area is 194 Å². The van der Waals surface area contributed by atoms with Gasteiger partial charge in [0, 0.05) is 24.6 Å². The minimum atomic E-state index is -0.533. The van der Waals surface area contributed by atoms with Gasteiger partial charge in [-0.3, -0.25) is 4.79 Å². The van der Waals surface area contributed by atoms with Gasteiger partial charge in [0.05, 0.1) is 18.2 Å². The van der Waals surface area contributed by atoms with Crippen LogP contribution in [0.4, 0.5) is 10.5 Å². The minimum absolute atomic E-state index is 0.0251. The molecule has 1 N–H and O–H groups in total. The average Bonchev–Trinajstić information content (AvgIpc) is 3.64. The van der Waals surface area contributed by atoms with Crippen LogP contribution in [-0.2, 0) is 20.9 Å². The van der Waals surface area contributed by atoms with Gasteiger partial charge in [0.25, 0.3) is 0 Å². The fourth-order valence-electron chi connectivity index (χ4n) is 4.80. The van der Waals surface area contributed by atoms with E-state index in [9.17, 15) is 14.4 Å². The Bertz CT molecular complexity index is 1030. The first-order valence-electron chi connectivity index (χ1n) is 11.5. The number of nitrogens with zero attached hydrogens (tertiary/aromatic N) is 1. The molecule has 1 aliphatic carbocycles. The van der Waals surface area contributed by atoms with Crippen molar-refractivity contribution in [2.45, 2.75) is 52.3 Å². The van der Waals surface area contributed by atoms with Gasteiger partial charge in [-0.2, -0.15) is 0 Å². The van der Waals surface area contributed by atoms with Crippen molar-refractivity contribution in [1.82, 2.24) is 5.32 Å². The van der Waals surface area contributed by atoms with Gasteiger partial charge in [-0.15, -0.1) is 0 Å². The van der Waals surface area contributed by atoms with Crippen molar-refractivity contribution in [3.8, 4) is 0 Å². The fraction of sp³-hybridized carbons (Fsp3) is 0.423. The van der Waals surface area contributed by atoms with Crippen LogP contribution in [0.2, 0.25) is 0 Å². The Morgan fingerprint density at radius 2 is 1.79 bits per heavy atom. The van der Waals surface area contributed by atoms with E-state index in [0.29, 0.717) is 11.5 Å². The van der Waals surface area contributed by atoms with E-state index in [1.807, 2.05) is 42.2 Å². The Morgan fingerprint density at radius 1 is 1.06 bits per heavy atom. The van der Waals surface area contributed by atoms with Crippen molar-refractivity contribution in [3.63, 3.8) is 0 Å². The van der Waals surface area contributed by atoms with Gasteiger partial charge in [-0.1, -0.05) is 37.3 Å². The second-order valence-corrected chi connectivity index (χ2v) is 8.75. The van der Waals surface area contributed by atoms with Crippen molar-refractivity contribution >= 4 is 23.7 Å². The first-order chi connectivity index (χ1) is 15.9. The monoisotopic (exact) mass is 450 g/mol. The highest BCUT2D eigenvalue weighted by Gasteiger charge is 2.48. The van der Waals surface area contributed by atoms with Crippen molar-refractivity contribution in [1.29, 1.82) is 0 Å². The number of nitrogens with one attached hydrogen (secondary N) is 1. The molecule has 0 aromatic heterocycles. The zero-order valence-electron chi connectivity index (χ0n) is 19.2. The first-order valence-corrected chi connectivity index (χ1v) is 11.5. The maximum Gasteiger partial charge on any atom is 0.407 e. The molecular weight excluding hydrogens is 420 g/mol. The van der Waals surface area contributed by atoms with Crippen LogP contribution in [0.25, 0.3) is 0 Å². The Morgan fingerprint density at radius 3 is 2.42 bits per heavy atom. The molecule has 4 rings (SSSR count). The molecule has 0 bridgehead atoms. The summed E-state index contributed by atoms with van der Waals surface area (Å²) in [5, 5.41) is 3.01. The number of hydrogen-bond acceptors (Lipinski definition) is 5. The lowest BCUT2D eigenvalue weighted by molar-refractivity contribution is -0.117. The zero-order valence-corrected chi connectivity index (χ0v) is 19.2. The lowest BCUT2D eigenvalue weighted by atomic mass is 9.79. The summed E-state index contributed by atoms with van der Waals surface area (Å²) < 4.78 is 10.6. The van der Waals surface area contributed by atoms with E-state index in [2.05, 4.69) is 5.32 Å². The van der Waals surface area contributed by atoms with E-state index in [1.54, 1.807) is 32.0 Å². The second-order valence-electron chi connectivity index (χ2n) is 8.75. The fourth-order valence-corrected chi connectivity index (χ4v) is 4.80. The first kappa shape index (κ1) is 22.8. The summed E-state index contributed by atoms with van der Waals surface area (Å²) in [5.74, 6) is -0.145. The number of benzene rings is 2. The molecule has 1 unspecified atom stereocenters. The molecule has 7 nitrogen and oxygen atoms in total. The molecule has 0 radical (unpaired) electrons. The molecule has 2 amide bonds. The Hall–Kier alpha value is -3.35. The van der Waals surface area contributed by atoms with Gasteiger partial charge in [0.15, 0.2) is 0 Å². The quantitative estimate of drug-likeness (QED) is 0.650. The summed E-state index contributed by atoms with van der Waals surface area (Å²) >= 11 is 0. The molecule has 33 heavy (non-hydrogen) atoms. The highest BCUT2D eigenvalue weighted by molar-refractivity contribution is 5.96. The van der Waals surface area contributed by atoms with E-state index in [4.69, 9.17) is 9.47 Å². The van der Waals surface area contributed by atoms with E-state index in [1.165, 1.54) is 0 Å². The summed E-state index contributed by atoms with van der Waals surface area (Å²) in [5.41, 5.74) is 2.73. The summed E-state index contributed by atoms with van der Waals surface area (Å²) in [6, 6.07) is 14.2. The molecule has 1 fully saturated rings. The molecule has 174 valence electrons. The van der Waals surface area contributed by atoms with E-state index >= 15 is 0 Å². The standard InChI is InChI=1S/C26H30N2O5/c1-4-32-25(30)20-12-13-22-21(14-20)23(16(2)24(19-10-11-19)28(22)17(3)29)27-26(31)33-15-18-8-6-5-7-9-18/h5-9,12-14,16,19,23-24H,4,10-11,15H2,1-3H3,(H,27,31)/t16-,23-,24?/m1/s1. The highest BCUT2D eigenvalue weighted by atomic mass is 16.5. The number of anilines is 1. The molecule has 1 aliphatic heterocycles. The van der Waals surface area contributed by atoms with Crippen molar-refractivity contribution < 1.29 is 23.9 Å². The van der Waals surface area contributed by atoms with Gasteiger partial charge < -0.3 is 19.7 Å². The number of carbonyl (C=O) groups is 3. The number of hydrogen-bond donors (Lipinski definition) is 1. The molecule has 2 aromatic rings. The normalized spacial score (nSPS) is 21.7. The third kappa shape index (κ3) is 4.87. The smallest absolute Gasteiger partial charge is 0.407 e. The molecule has 2 aliphatic rings. The summed E-state index contributed by atoms with van der Waals surface area (Å²) in [6.45, 7) is 5.79. The van der Waals surface area contributed by atoms with Gasteiger partial charge >= 0.3 is 12.1 Å². The number of alkyl carbamates (subject to hydrolysis) is 1. The number of fused-ring (bicyclic) bond motifs is 1. The number of amides is 2. The van der Waals surface area contributed by atoms with Gasteiger partial charge in [0.2, 0.25) is 5.91 Å². The Balaban J connectivity index is 1.64. The highest BCUT2D eigenvalue weighted by Crippen LogP contribution is 2.49. The summed E-state index contributed by atoms with van der Waals surface area (Å²) in [7, 11) is 0. The van der Waals surface area contributed by atoms with Gasteiger partial charge in [-0.05, 0) is 55.0 Å². The summed E-state index contributed by atoms with van der Waals surface area (Å²) in [4.78, 5) is 39.7. The van der Waals surface area contributed by atoms with Crippen LogP contribution in [0.15, 0.2) is 48.5 Å². The number of rotatable bonds is 6. The maximum atomic E-state index is 12.8. The van der Waals surface area contributed by atoms with Gasteiger partial charge in [0.1, 0.15) is 6.61 Å². The predicted octanol–water partition coefficient (Wildman–Crippen LogP) is 4.61. The van der Waals surface area contributed by atoms with Crippen LogP contribution in [0.3, 0.4) is 0 Å². The van der Waals surface area contributed by atoms with Crippen LogP contribution < -0.4 is 10.2 Å². The second kappa shape index (κ2) is 9.65. The van der Waals surface area contributed by atoms with Gasteiger partial charge in [-0.25, -0.2) is 9.59 Å². The number of carbonyl (C=O) groups excluding carboxylic acids is 3. The minimum Gasteiger partial charge on any atom is -0.462 e. The molecule has 2 aromatic carbocycles. The van der Waals surface area contributed by atoms with E-state index < -0.39 is 18.1 Å². The van der Waals surface area contributed by atoms with Crippen LogP contribution in [0.1, 0.15) is 61.1 Å².